The quantitative estimate of drug-likeness (QED) is 0.844. The summed E-state index contributed by atoms with van der Waals surface area (Å²) in [5, 5.41) is 0.742. The number of rotatable bonds is 6. The molecule has 0 bridgehead atoms. The zero-order valence-electron chi connectivity index (χ0n) is 11.3. The first-order valence-electron chi connectivity index (χ1n) is 6.42. The highest BCUT2D eigenvalue weighted by atomic mass is 79.9. The van der Waals surface area contributed by atoms with Crippen LogP contribution in [0.5, 0.6) is 0 Å². The topological polar surface area (TPSA) is 29.3 Å². The van der Waals surface area contributed by atoms with Crippen molar-refractivity contribution in [2.75, 3.05) is 13.6 Å². The molecule has 4 heteroatoms. The highest BCUT2D eigenvalue weighted by Gasteiger charge is 2.22. The number of likely N-dealkylation sites (N-methyl/N-ethyl adjacent to an activating group) is 1. The summed E-state index contributed by atoms with van der Waals surface area (Å²) in [4.78, 5) is 2.37. The Morgan fingerprint density at radius 3 is 2.39 bits per heavy atom. The van der Waals surface area contributed by atoms with Gasteiger partial charge >= 0.3 is 0 Å². The van der Waals surface area contributed by atoms with Gasteiger partial charge in [-0.2, -0.15) is 0 Å². The van der Waals surface area contributed by atoms with Gasteiger partial charge in [-0.3, -0.25) is 4.90 Å². The van der Waals surface area contributed by atoms with Crippen LogP contribution in [0.1, 0.15) is 38.3 Å². The molecule has 1 unspecified atom stereocenters. The van der Waals surface area contributed by atoms with Gasteiger partial charge < -0.3 is 5.73 Å². The van der Waals surface area contributed by atoms with E-state index >= 15 is 0 Å². The molecule has 0 aliphatic carbocycles. The standard InChI is InChI=1S/C14H22BrClN2/c1-4-11(5-2)18(3)14(9-17)12-7-6-10(16)8-13(12)15/h6-8,11,14H,4-5,9,17H2,1-3H3. The minimum Gasteiger partial charge on any atom is -0.329 e. The molecule has 1 aromatic rings. The summed E-state index contributed by atoms with van der Waals surface area (Å²) < 4.78 is 1.03. The molecule has 0 aromatic heterocycles. The lowest BCUT2D eigenvalue weighted by Crippen LogP contribution is -2.38. The van der Waals surface area contributed by atoms with Gasteiger partial charge in [-0.05, 0) is 37.6 Å². The van der Waals surface area contributed by atoms with E-state index in [2.05, 4.69) is 47.8 Å². The Balaban J connectivity index is 3.01. The van der Waals surface area contributed by atoms with E-state index in [0.717, 1.165) is 22.3 Å². The van der Waals surface area contributed by atoms with Crippen LogP contribution in [-0.2, 0) is 0 Å². The monoisotopic (exact) mass is 332 g/mol. The van der Waals surface area contributed by atoms with Crippen LogP contribution < -0.4 is 5.73 Å². The number of nitrogens with two attached hydrogens (primary N) is 1. The smallest absolute Gasteiger partial charge is 0.0481 e. The van der Waals surface area contributed by atoms with Gasteiger partial charge in [-0.15, -0.1) is 0 Å². The summed E-state index contributed by atoms with van der Waals surface area (Å²) in [6, 6.07) is 6.69. The molecule has 0 radical (unpaired) electrons. The molecule has 0 amide bonds. The fourth-order valence-corrected chi connectivity index (χ4v) is 3.35. The number of hydrogen-bond acceptors (Lipinski definition) is 2. The van der Waals surface area contributed by atoms with Gasteiger partial charge in [0.1, 0.15) is 0 Å². The summed E-state index contributed by atoms with van der Waals surface area (Å²) >= 11 is 9.57. The molecule has 0 spiro atoms. The van der Waals surface area contributed by atoms with Gasteiger partial charge in [0, 0.05) is 28.1 Å². The third-order valence-electron chi connectivity index (χ3n) is 3.55. The van der Waals surface area contributed by atoms with Crippen LogP contribution in [0.15, 0.2) is 22.7 Å². The van der Waals surface area contributed by atoms with Crippen molar-refractivity contribution in [1.82, 2.24) is 4.90 Å². The molecule has 0 aliphatic heterocycles. The number of nitrogens with zero attached hydrogens (tertiary/aromatic N) is 1. The Labute approximate surface area is 124 Å². The molecule has 0 heterocycles. The Morgan fingerprint density at radius 1 is 1.33 bits per heavy atom. The van der Waals surface area contributed by atoms with E-state index in [9.17, 15) is 0 Å². The van der Waals surface area contributed by atoms with E-state index in [1.54, 1.807) is 0 Å². The van der Waals surface area contributed by atoms with E-state index < -0.39 is 0 Å². The van der Waals surface area contributed by atoms with Crippen molar-refractivity contribution in [1.29, 1.82) is 0 Å². The van der Waals surface area contributed by atoms with Gasteiger partial charge in [-0.1, -0.05) is 47.4 Å². The molecule has 0 fully saturated rings. The lowest BCUT2D eigenvalue weighted by Gasteiger charge is -2.34. The molecule has 0 aliphatic rings. The molecule has 18 heavy (non-hydrogen) atoms. The van der Waals surface area contributed by atoms with Gasteiger partial charge in [0.2, 0.25) is 0 Å². The van der Waals surface area contributed by atoms with Crippen LogP contribution in [0.2, 0.25) is 5.02 Å². The van der Waals surface area contributed by atoms with Gasteiger partial charge in [0.05, 0.1) is 0 Å². The molecular weight excluding hydrogens is 312 g/mol. The van der Waals surface area contributed by atoms with Crippen LogP contribution in [0.3, 0.4) is 0 Å². The maximum absolute atomic E-state index is 5.99. The maximum Gasteiger partial charge on any atom is 0.0481 e. The Hall–Kier alpha value is -0.0900. The summed E-state index contributed by atoms with van der Waals surface area (Å²) in [7, 11) is 2.15. The summed E-state index contributed by atoms with van der Waals surface area (Å²) in [6.45, 7) is 5.04. The third-order valence-corrected chi connectivity index (χ3v) is 4.48. The second-order valence-electron chi connectivity index (χ2n) is 4.55. The Kier molecular flexibility index (Phi) is 6.64. The zero-order chi connectivity index (χ0) is 13.7. The van der Waals surface area contributed by atoms with Gasteiger partial charge in [0.15, 0.2) is 0 Å². The van der Waals surface area contributed by atoms with Crippen LogP contribution >= 0.6 is 27.5 Å². The number of benzene rings is 1. The van der Waals surface area contributed by atoms with E-state index in [1.807, 2.05) is 12.1 Å². The van der Waals surface area contributed by atoms with Crippen molar-refractivity contribution in [2.24, 2.45) is 5.73 Å². The van der Waals surface area contributed by atoms with E-state index in [-0.39, 0.29) is 6.04 Å². The van der Waals surface area contributed by atoms with Crippen molar-refractivity contribution in [2.45, 2.75) is 38.8 Å². The van der Waals surface area contributed by atoms with Crippen LogP contribution in [-0.4, -0.2) is 24.5 Å². The summed E-state index contributed by atoms with van der Waals surface area (Å²) in [5.74, 6) is 0. The lowest BCUT2D eigenvalue weighted by atomic mass is 10.0. The summed E-state index contributed by atoms with van der Waals surface area (Å²) in [6.07, 6.45) is 2.27. The third kappa shape index (κ3) is 3.70. The molecule has 1 aromatic carbocycles. The van der Waals surface area contributed by atoms with Crippen molar-refractivity contribution in [3.63, 3.8) is 0 Å². The lowest BCUT2D eigenvalue weighted by molar-refractivity contribution is 0.167. The maximum atomic E-state index is 5.99. The number of hydrogen-bond donors (Lipinski definition) is 1. The zero-order valence-corrected chi connectivity index (χ0v) is 13.6. The molecular formula is C14H22BrClN2. The van der Waals surface area contributed by atoms with Crippen molar-refractivity contribution in [3.05, 3.63) is 33.3 Å². The van der Waals surface area contributed by atoms with Crippen LogP contribution in [0, 0.1) is 0 Å². The first-order valence-corrected chi connectivity index (χ1v) is 7.59. The van der Waals surface area contributed by atoms with E-state index in [4.69, 9.17) is 17.3 Å². The molecule has 2 nitrogen and oxygen atoms in total. The average Bonchev–Trinajstić information content (AvgIpc) is 2.34. The van der Waals surface area contributed by atoms with Crippen molar-refractivity contribution >= 4 is 27.5 Å². The highest BCUT2D eigenvalue weighted by Crippen LogP contribution is 2.30. The minimum atomic E-state index is 0.224. The normalized spacial score (nSPS) is 13.3. The van der Waals surface area contributed by atoms with E-state index in [0.29, 0.717) is 12.6 Å². The first-order chi connectivity index (χ1) is 8.54. The summed E-state index contributed by atoms with van der Waals surface area (Å²) in [5.41, 5.74) is 7.17. The Morgan fingerprint density at radius 2 is 1.94 bits per heavy atom. The van der Waals surface area contributed by atoms with Gasteiger partial charge in [0.25, 0.3) is 0 Å². The molecule has 102 valence electrons. The number of halogens is 2. The van der Waals surface area contributed by atoms with Crippen molar-refractivity contribution in [3.8, 4) is 0 Å². The molecule has 0 saturated heterocycles. The SMILES string of the molecule is CCC(CC)N(C)C(CN)c1ccc(Cl)cc1Br. The van der Waals surface area contributed by atoms with Crippen LogP contribution in [0.4, 0.5) is 0 Å². The second kappa shape index (κ2) is 7.49. The largest absolute Gasteiger partial charge is 0.329 e. The van der Waals surface area contributed by atoms with Crippen molar-refractivity contribution < 1.29 is 0 Å². The Bertz CT molecular complexity index is 380. The first kappa shape index (κ1) is 16.0. The van der Waals surface area contributed by atoms with E-state index in [1.165, 1.54) is 5.56 Å². The predicted octanol–water partition coefficient (Wildman–Crippen LogP) is 4.22. The fraction of sp³-hybridized carbons (Fsp3) is 0.571. The molecule has 2 N–H and O–H groups in total. The molecule has 1 atom stereocenters. The minimum absolute atomic E-state index is 0.224. The average molecular weight is 334 g/mol. The van der Waals surface area contributed by atoms with Crippen LogP contribution in [0.25, 0.3) is 0 Å². The molecule has 0 saturated carbocycles. The second-order valence-corrected chi connectivity index (χ2v) is 5.84. The predicted molar refractivity (Wildman–Crippen MR) is 83.1 cm³/mol. The van der Waals surface area contributed by atoms with Gasteiger partial charge in [-0.25, -0.2) is 0 Å². The molecule has 1 rings (SSSR count). The fourth-order valence-electron chi connectivity index (χ4n) is 2.40. The highest BCUT2D eigenvalue weighted by molar-refractivity contribution is 9.10.